The molecule has 1 rings (SSSR count). The zero-order chi connectivity index (χ0) is 15.1. The summed E-state index contributed by atoms with van der Waals surface area (Å²) in [6.45, 7) is 2.03. The van der Waals surface area contributed by atoms with Crippen molar-refractivity contribution in [3.8, 4) is 5.75 Å². The van der Waals surface area contributed by atoms with Gasteiger partial charge in [-0.1, -0.05) is 34.8 Å². The highest BCUT2D eigenvalue weighted by Crippen LogP contribution is 2.38. The van der Waals surface area contributed by atoms with Crippen LogP contribution in [0.3, 0.4) is 0 Å². The van der Waals surface area contributed by atoms with Gasteiger partial charge in [0.1, 0.15) is 5.02 Å². The number of halogens is 3. The first-order chi connectivity index (χ1) is 9.45. The van der Waals surface area contributed by atoms with Crippen LogP contribution in [0.15, 0.2) is 12.1 Å². The topological polar surface area (TPSA) is 52.6 Å². The van der Waals surface area contributed by atoms with Gasteiger partial charge in [-0.3, -0.25) is 9.59 Å². The SMILES string of the molecule is CCOC(=O)CCCC(=O)Oc1c(Cl)ccc(Cl)c1Cl. The Hall–Kier alpha value is -0.970. The van der Waals surface area contributed by atoms with E-state index in [1.807, 2.05) is 0 Å². The smallest absolute Gasteiger partial charge is 0.311 e. The Morgan fingerprint density at radius 3 is 2.30 bits per heavy atom. The van der Waals surface area contributed by atoms with Crippen LogP contribution in [0.2, 0.25) is 15.1 Å². The number of hydrogen-bond acceptors (Lipinski definition) is 4. The summed E-state index contributed by atoms with van der Waals surface area (Å²) in [7, 11) is 0. The van der Waals surface area contributed by atoms with Crippen molar-refractivity contribution >= 4 is 46.7 Å². The standard InChI is InChI=1S/C13H13Cl3O4/c1-2-19-10(17)4-3-5-11(18)20-13-9(15)7-6-8(14)12(13)16/h6-7H,2-5H2,1H3. The van der Waals surface area contributed by atoms with Crippen LogP contribution in [-0.2, 0) is 14.3 Å². The summed E-state index contributed by atoms with van der Waals surface area (Å²) in [6.07, 6.45) is 0.533. The highest BCUT2D eigenvalue weighted by Gasteiger charge is 2.15. The lowest BCUT2D eigenvalue weighted by Gasteiger charge is -2.09. The lowest BCUT2D eigenvalue weighted by Crippen LogP contribution is -2.10. The van der Waals surface area contributed by atoms with E-state index in [2.05, 4.69) is 0 Å². The van der Waals surface area contributed by atoms with Crippen molar-refractivity contribution in [3.63, 3.8) is 0 Å². The highest BCUT2D eigenvalue weighted by molar-refractivity contribution is 6.44. The molecule has 0 bridgehead atoms. The van der Waals surface area contributed by atoms with Crippen molar-refractivity contribution in [2.24, 2.45) is 0 Å². The fraction of sp³-hybridized carbons (Fsp3) is 0.385. The predicted molar refractivity (Wildman–Crippen MR) is 77.6 cm³/mol. The molecular formula is C13H13Cl3O4. The Kier molecular flexibility index (Phi) is 7.13. The molecule has 0 radical (unpaired) electrons. The van der Waals surface area contributed by atoms with Crippen LogP contribution in [0.1, 0.15) is 26.2 Å². The Morgan fingerprint density at radius 1 is 1.05 bits per heavy atom. The molecule has 1 aromatic rings. The van der Waals surface area contributed by atoms with Crippen molar-refractivity contribution in [2.45, 2.75) is 26.2 Å². The van der Waals surface area contributed by atoms with Crippen molar-refractivity contribution in [2.75, 3.05) is 6.61 Å². The van der Waals surface area contributed by atoms with E-state index in [-0.39, 0.29) is 39.6 Å². The average Bonchev–Trinajstić information content (AvgIpc) is 2.39. The number of carbonyl (C=O) groups excluding carboxylic acids is 2. The van der Waals surface area contributed by atoms with Gasteiger partial charge < -0.3 is 9.47 Å². The first kappa shape index (κ1) is 17.1. The molecule has 0 aromatic heterocycles. The Bertz CT molecular complexity index is 503. The molecule has 0 heterocycles. The predicted octanol–water partition coefficient (Wildman–Crippen LogP) is 4.29. The molecular weight excluding hydrogens is 326 g/mol. The minimum atomic E-state index is -0.541. The minimum Gasteiger partial charge on any atom is -0.466 e. The Balaban J connectivity index is 2.51. The lowest BCUT2D eigenvalue weighted by atomic mass is 10.2. The van der Waals surface area contributed by atoms with Gasteiger partial charge in [-0.2, -0.15) is 0 Å². The van der Waals surface area contributed by atoms with Gasteiger partial charge >= 0.3 is 11.9 Å². The van der Waals surface area contributed by atoms with E-state index >= 15 is 0 Å². The second kappa shape index (κ2) is 8.35. The van der Waals surface area contributed by atoms with Crippen LogP contribution in [-0.4, -0.2) is 18.5 Å². The third-order valence-electron chi connectivity index (χ3n) is 2.28. The number of hydrogen-bond donors (Lipinski definition) is 0. The van der Waals surface area contributed by atoms with E-state index in [1.165, 1.54) is 12.1 Å². The molecule has 0 saturated carbocycles. The highest BCUT2D eigenvalue weighted by atomic mass is 35.5. The molecule has 0 aliphatic carbocycles. The summed E-state index contributed by atoms with van der Waals surface area (Å²) < 4.78 is 9.80. The molecule has 0 aliphatic rings. The molecule has 0 atom stereocenters. The van der Waals surface area contributed by atoms with Gasteiger partial charge in [0.2, 0.25) is 0 Å². The molecule has 4 nitrogen and oxygen atoms in total. The van der Waals surface area contributed by atoms with Gasteiger partial charge in [-0.15, -0.1) is 0 Å². The number of esters is 2. The number of rotatable bonds is 6. The zero-order valence-electron chi connectivity index (χ0n) is 10.8. The molecule has 0 amide bonds. The van der Waals surface area contributed by atoms with Crippen LogP contribution in [0.5, 0.6) is 5.75 Å². The largest absolute Gasteiger partial charge is 0.466 e. The Morgan fingerprint density at radius 2 is 1.65 bits per heavy atom. The number of ether oxygens (including phenoxy) is 2. The molecule has 0 N–H and O–H groups in total. The quantitative estimate of drug-likeness (QED) is 0.441. The fourth-order valence-corrected chi connectivity index (χ4v) is 1.97. The van der Waals surface area contributed by atoms with Gasteiger partial charge in [0.15, 0.2) is 5.75 Å². The maximum Gasteiger partial charge on any atom is 0.311 e. The summed E-state index contributed by atoms with van der Waals surface area (Å²) in [4.78, 5) is 22.7. The average molecular weight is 340 g/mol. The van der Waals surface area contributed by atoms with Crippen LogP contribution < -0.4 is 4.74 Å². The molecule has 0 unspecified atom stereocenters. The monoisotopic (exact) mass is 338 g/mol. The summed E-state index contributed by atoms with van der Waals surface area (Å²) in [5.74, 6) is -0.860. The van der Waals surface area contributed by atoms with Crippen LogP contribution in [0, 0.1) is 0 Å². The maximum atomic E-state index is 11.6. The second-order valence-electron chi connectivity index (χ2n) is 3.80. The molecule has 0 aliphatic heterocycles. The summed E-state index contributed by atoms with van der Waals surface area (Å²) in [6, 6.07) is 2.99. The van der Waals surface area contributed by atoms with Crippen LogP contribution >= 0.6 is 34.8 Å². The van der Waals surface area contributed by atoms with E-state index in [0.717, 1.165) is 0 Å². The molecule has 7 heteroatoms. The van der Waals surface area contributed by atoms with Gasteiger partial charge in [0, 0.05) is 12.8 Å². The molecule has 0 fully saturated rings. The summed E-state index contributed by atoms with van der Waals surface area (Å²) >= 11 is 17.6. The van der Waals surface area contributed by atoms with Gasteiger partial charge in [-0.05, 0) is 25.5 Å². The van der Waals surface area contributed by atoms with Crippen molar-refractivity contribution < 1.29 is 19.1 Å². The maximum absolute atomic E-state index is 11.6. The lowest BCUT2D eigenvalue weighted by molar-refractivity contribution is -0.143. The molecule has 0 spiro atoms. The first-order valence-corrected chi connectivity index (χ1v) is 7.09. The third-order valence-corrected chi connectivity index (χ3v) is 3.37. The molecule has 110 valence electrons. The normalized spacial score (nSPS) is 10.2. The van der Waals surface area contributed by atoms with Gasteiger partial charge in [-0.25, -0.2) is 0 Å². The third kappa shape index (κ3) is 5.19. The molecule has 1 aromatic carbocycles. The van der Waals surface area contributed by atoms with Crippen LogP contribution in [0.25, 0.3) is 0 Å². The van der Waals surface area contributed by atoms with E-state index < -0.39 is 5.97 Å². The fourth-order valence-electron chi connectivity index (χ4n) is 1.38. The summed E-state index contributed by atoms with van der Waals surface area (Å²) in [5, 5.41) is 0.515. The molecule has 0 saturated heterocycles. The molecule has 20 heavy (non-hydrogen) atoms. The number of benzene rings is 1. The summed E-state index contributed by atoms with van der Waals surface area (Å²) in [5.41, 5.74) is 0. The Labute approximate surface area is 131 Å². The van der Waals surface area contributed by atoms with E-state index in [1.54, 1.807) is 6.92 Å². The second-order valence-corrected chi connectivity index (χ2v) is 5.00. The first-order valence-electron chi connectivity index (χ1n) is 5.95. The van der Waals surface area contributed by atoms with Crippen LogP contribution in [0.4, 0.5) is 0 Å². The van der Waals surface area contributed by atoms with Crippen molar-refractivity contribution in [3.05, 3.63) is 27.2 Å². The number of carbonyl (C=O) groups is 2. The van der Waals surface area contributed by atoms with Gasteiger partial charge in [0.05, 0.1) is 16.7 Å². The van der Waals surface area contributed by atoms with Crippen molar-refractivity contribution in [1.82, 2.24) is 0 Å². The van der Waals surface area contributed by atoms with Gasteiger partial charge in [0.25, 0.3) is 0 Å². The van der Waals surface area contributed by atoms with Crippen molar-refractivity contribution in [1.29, 1.82) is 0 Å². The van der Waals surface area contributed by atoms with E-state index in [0.29, 0.717) is 13.0 Å². The van der Waals surface area contributed by atoms with E-state index in [4.69, 9.17) is 44.3 Å². The minimum absolute atomic E-state index is 0.0296. The van der Waals surface area contributed by atoms with E-state index in [9.17, 15) is 9.59 Å². The zero-order valence-corrected chi connectivity index (χ0v) is 13.0.